The van der Waals surface area contributed by atoms with Crippen molar-refractivity contribution >= 4 is 33.5 Å². The highest BCUT2D eigenvalue weighted by Crippen LogP contribution is 2.23. The van der Waals surface area contributed by atoms with Gasteiger partial charge in [-0.15, -0.1) is 0 Å². The van der Waals surface area contributed by atoms with Crippen LogP contribution in [-0.4, -0.2) is 10.9 Å². The molecule has 1 amide bonds. The van der Waals surface area contributed by atoms with E-state index >= 15 is 0 Å². The van der Waals surface area contributed by atoms with Gasteiger partial charge in [-0.3, -0.25) is 10.1 Å². The van der Waals surface area contributed by atoms with Gasteiger partial charge >= 0.3 is 6.01 Å². The number of nitrogens with one attached hydrogen (secondary N) is 1. The van der Waals surface area contributed by atoms with E-state index < -0.39 is 0 Å². The fourth-order valence-corrected chi connectivity index (χ4v) is 1.99. The smallest absolute Gasteiger partial charge is 0.301 e. The third kappa shape index (κ3) is 2.53. The molecule has 0 saturated carbocycles. The highest BCUT2D eigenvalue weighted by molar-refractivity contribution is 9.10. The van der Waals surface area contributed by atoms with Crippen LogP contribution in [0.5, 0.6) is 0 Å². The van der Waals surface area contributed by atoms with Crippen LogP contribution in [0.1, 0.15) is 21.6 Å². The number of amides is 1. The van der Waals surface area contributed by atoms with E-state index in [0.29, 0.717) is 16.9 Å². The van der Waals surface area contributed by atoms with Crippen molar-refractivity contribution in [2.45, 2.75) is 13.8 Å². The third-order valence-electron chi connectivity index (χ3n) is 2.50. The van der Waals surface area contributed by atoms with Crippen molar-refractivity contribution in [3.8, 4) is 0 Å². The summed E-state index contributed by atoms with van der Waals surface area (Å²) in [6.07, 6.45) is 1.47. The molecule has 3 N–H and O–H groups in total. The summed E-state index contributed by atoms with van der Waals surface area (Å²) in [6.45, 7) is 3.57. The predicted molar refractivity (Wildman–Crippen MR) is 72.5 cm³/mol. The van der Waals surface area contributed by atoms with Crippen LogP contribution < -0.4 is 11.1 Å². The summed E-state index contributed by atoms with van der Waals surface area (Å²) in [5.74, 6) is -0.303. The first-order chi connectivity index (χ1) is 8.47. The van der Waals surface area contributed by atoms with E-state index in [1.54, 1.807) is 26.0 Å². The lowest BCUT2D eigenvalue weighted by Crippen LogP contribution is -2.14. The Balaban J connectivity index is 2.29. The van der Waals surface area contributed by atoms with Crippen LogP contribution in [0.25, 0.3) is 0 Å². The maximum Gasteiger partial charge on any atom is 0.301 e. The molecule has 0 aliphatic heterocycles. The molecule has 6 heteroatoms. The molecule has 0 fully saturated rings. The summed E-state index contributed by atoms with van der Waals surface area (Å²) in [7, 11) is 0. The Morgan fingerprint density at radius 1 is 1.44 bits per heavy atom. The first-order valence-electron chi connectivity index (χ1n) is 5.26. The summed E-state index contributed by atoms with van der Waals surface area (Å²) in [4.78, 5) is 16.1. The Kier molecular flexibility index (Phi) is 3.38. The van der Waals surface area contributed by atoms with Crippen molar-refractivity contribution < 1.29 is 9.21 Å². The molecule has 0 spiro atoms. The number of aromatic nitrogens is 1. The SMILES string of the molecule is Cc1coc(NC(=O)c2cc(Br)cc(N)c2C)n1. The molecule has 0 atom stereocenters. The number of hydrogen-bond donors (Lipinski definition) is 2. The highest BCUT2D eigenvalue weighted by atomic mass is 79.9. The number of hydrogen-bond acceptors (Lipinski definition) is 4. The van der Waals surface area contributed by atoms with Crippen LogP contribution in [0.4, 0.5) is 11.7 Å². The summed E-state index contributed by atoms with van der Waals surface area (Å²) in [5, 5.41) is 2.58. The van der Waals surface area contributed by atoms with Crippen molar-refractivity contribution in [1.82, 2.24) is 4.98 Å². The lowest BCUT2D eigenvalue weighted by atomic mass is 10.1. The van der Waals surface area contributed by atoms with Crippen LogP contribution in [0.3, 0.4) is 0 Å². The lowest BCUT2D eigenvalue weighted by molar-refractivity contribution is 0.102. The molecule has 94 valence electrons. The van der Waals surface area contributed by atoms with Gasteiger partial charge in [-0.05, 0) is 31.5 Å². The summed E-state index contributed by atoms with van der Waals surface area (Å²) < 4.78 is 5.82. The van der Waals surface area contributed by atoms with Crippen LogP contribution in [0.15, 0.2) is 27.3 Å². The fraction of sp³-hybridized carbons (Fsp3) is 0.167. The zero-order valence-corrected chi connectivity index (χ0v) is 11.5. The van der Waals surface area contributed by atoms with Gasteiger partial charge in [0.25, 0.3) is 5.91 Å². The first-order valence-corrected chi connectivity index (χ1v) is 6.06. The molecule has 1 heterocycles. The maximum absolute atomic E-state index is 12.1. The van der Waals surface area contributed by atoms with Crippen LogP contribution >= 0.6 is 15.9 Å². The average Bonchev–Trinajstić information content (AvgIpc) is 2.69. The number of halogens is 1. The third-order valence-corrected chi connectivity index (χ3v) is 2.95. The quantitative estimate of drug-likeness (QED) is 0.836. The number of benzene rings is 1. The Bertz CT molecular complexity index is 607. The first kappa shape index (κ1) is 12.6. The number of nitrogen functional groups attached to an aromatic ring is 1. The van der Waals surface area contributed by atoms with Gasteiger partial charge in [0, 0.05) is 15.7 Å². The van der Waals surface area contributed by atoms with Gasteiger partial charge in [0.05, 0.1) is 5.69 Å². The standard InChI is InChI=1S/C12H12BrN3O2/c1-6-5-18-12(15-6)16-11(17)9-3-8(13)4-10(14)7(9)2/h3-5H,14H2,1-2H3,(H,15,16,17). The molecular weight excluding hydrogens is 298 g/mol. The predicted octanol–water partition coefficient (Wildman–Crippen LogP) is 2.89. The van der Waals surface area contributed by atoms with Gasteiger partial charge in [0.15, 0.2) is 0 Å². The number of carbonyl (C=O) groups is 1. The number of anilines is 2. The number of nitrogens with two attached hydrogens (primary N) is 1. The van der Waals surface area contributed by atoms with Crippen LogP contribution in [-0.2, 0) is 0 Å². The van der Waals surface area contributed by atoms with Crippen LogP contribution in [0, 0.1) is 13.8 Å². The topological polar surface area (TPSA) is 81.2 Å². The van der Waals surface area contributed by atoms with Crippen molar-refractivity contribution in [3.63, 3.8) is 0 Å². The minimum atomic E-state index is -0.303. The van der Waals surface area contributed by atoms with Gasteiger partial charge < -0.3 is 10.2 Å². The minimum absolute atomic E-state index is 0.176. The molecule has 0 bridgehead atoms. The van der Waals surface area contributed by atoms with Crippen molar-refractivity contribution in [1.29, 1.82) is 0 Å². The largest absolute Gasteiger partial charge is 0.432 e. The summed E-state index contributed by atoms with van der Waals surface area (Å²) >= 11 is 3.31. The summed E-state index contributed by atoms with van der Waals surface area (Å²) in [6, 6.07) is 3.63. The Morgan fingerprint density at radius 2 is 2.17 bits per heavy atom. The van der Waals surface area contributed by atoms with Gasteiger partial charge in [0.1, 0.15) is 6.26 Å². The second kappa shape index (κ2) is 4.81. The monoisotopic (exact) mass is 309 g/mol. The maximum atomic E-state index is 12.1. The lowest BCUT2D eigenvalue weighted by Gasteiger charge is -2.08. The van der Waals surface area contributed by atoms with Gasteiger partial charge in [-0.1, -0.05) is 15.9 Å². The van der Waals surface area contributed by atoms with Crippen molar-refractivity contribution in [3.05, 3.63) is 39.7 Å². The molecule has 2 rings (SSSR count). The van der Waals surface area contributed by atoms with Gasteiger partial charge in [-0.2, -0.15) is 4.98 Å². The van der Waals surface area contributed by atoms with Gasteiger partial charge in [-0.25, -0.2) is 0 Å². The molecule has 0 aliphatic carbocycles. The number of aryl methyl sites for hydroxylation is 1. The van der Waals surface area contributed by atoms with Crippen LogP contribution in [0.2, 0.25) is 0 Å². The minimum Gasteiger partial charge on any atom is -0.432 e. The Morgan fingerprint density at radius 3 is 2.78 bits per heavy atom. The molecular formula is C12H12BrN3O2. The second-order valence-electron chi connectivity index (χ2n) is 3.92. The molecule has 18 heavy (non-hydrogen) atoms. The molecule has 2 aromatic rings. The molecule has 5 nitrogen and oxygen atoms in total. The molecule has 0 radical (unpaired) electrons. The van der Waals surface area contributed by atoms with E-state index in [0.717, 1.165) is 10.0 Å². The highest BCUT2D eigenvalue weighted by Gasteiger charge is 2.14. The molecule has 1 aromatic heterocycles. The number of nitrogens with zero attached hydrogens (tertiary/aromatic N) is 1. The molecule has 0 aliphatic rings. The zero-order valence-electron chi connectivity index (χ0n) is 9.95. The summed E-state index contributed by atoms with van der Waals surface area (Å²) in [5.41, 5.74) is 8.27. The zero-order chi connectivity index (χ0) is 13.3. The number of rotatable bonds is 2. The van der Waals surface area contributed by atoms with E-state index in [1.165, 1.54) is 6.26 Å². The van der Waals surface area contributed by atoms with E-state index in [-0.39, 0.29) is 11.9 Å². The Hall–Kier alpha value is -1.82. The average molecular weight is 310 g/mol. The Labute approximate surface area is 113 Å². The van der Waals surface area contributed by atoms with E-state index in [9.17, 15) is 4.79 Å². The van der Waals surface area contributed by atoms with E-state index in [1.807, 2.05) is 0 Å². The van der Waals surface area contributed by atoms with Gasteiger partial charge in [0.2, 0.25) is 0 Å². The fourth-order valence-electron chi connectivity index (χ4n) is 1.51. The molecule has 0 saturated heterocycles. The molecule has 1 aromatic carbocycles. The number of carbonyl (C=O) groups excluding carboxylic acids is 1. The van der Waals surface area contributed by atoms with E-state index in [2.05, 4.69) is 26.2 Å². The van der Waals surface area contributed by atoms with E-state index in [4.69, 9.17) is 10.2 Å². The van der Waals surface area contributed by atoms with Crippen molar-refractivity contribution in [2.75, 3.05) is 11.1 Å². The normalized spacial score (nSPS) is 10.4. The molecule has 0 unspecified atom stereocenters. The second-order valence-corrected chi connectivity index (χ2v) is 4.83. The number of oxazole rings is 1. The van der Waals surface area contributed by atoms with Crippen molar-refractivity contribution in [2.24, 2.45) is 0 Å².